The second-order valence-corrected chi connectivity index (χ2v) is 5.38. The third kappa shape index (κ3) is 2.36. The molecule has 3 heterocycles. The van der Waals surface area contributed by atoms with Crippen molar-refractivity contribution in [1.82, 2.24) is 9.88 Å². The molecule has 2 fully saturated rings. The Bertz CT molecular complexity index is 507. The Morgan fingerprint density at radius 2 is 2.16 bits per heavy atom. The highest BCUT2D eigenvalue weighted by molar-refractivity contribution is 5.59. The van der Waals surface area contributed by atoms with Gasteiger partial charge in [-0.2, -0.15) is 5.26 Å². The van der Waals surface area contributed by atoms with Crippen LogP contribution in [0.2, 0.25) is 0 Å². The van der Waals surface area contributed by atoms with Crippen LogP contribution in [0.1, 0.15) is 24.8 Å². The first-order valence-electron chi connectivity index (χ1n) is 6.92. The summed E-state index contributed by atoms with van der Waals surface area (Å²) in [5.41, 5.74) is 6.85. The Morgan fingerprint density at radius 3 is 3.00 bits per heavy atom. The molecule has 0 spiro atoms. The largest absolute Gasteiger partial charge is 0.397 e. The van der Waals surface area contributed by atoms with Gasteiger partial charge in [-0.1, -0.05) is 0 Å². The molecule has 2 saturated heterocycles. The van der Waals surface area contributed by atoms with E-state index < -0.39 is 0 Å². The molecule has 0 saturated carbocycles. The Kier molecular flexibility index (Phi) is 3.26. The van der Waals surface area contributed by atoms with Gasteiger partial charge in [0, 0.05) is 25.7 Å². The fourth-order valence-electron chi connectivity index (χ4n) is 3.21. The molecule has 0 radical (unpaired) electrons. The third-order valence-corrected chi connectivity index (χ3v) is 4.11. The molecule has 1 aromatic heterocycles. The maximum absolute atomic E-state index is 9.25. The zero-order valence-electron chi connectivity index (χ0n) is 11.0. The first-order chi connectivity index (χ1) is 9.28. The van der Waals surface area contributed by atoms with Crippen LogP contribution in [0.3, 0.4) is 0 Å². The van der Waals surface area contributed by atoms with Crippen LogP contribution in [0, 0.1) is 11.3 Å². The predicted molar refractivity (Wildman–Crippen MR) is 74.8 cm³/mol. The van der Waals surface area contributed by atoms with Crippen molar-refractivity contribution in [2.24, 2.45) is 0 Å². The topological polar surface area (TPSA) is 69.2 Å². The van der Waals surface area contributed by atoms with Gasteiger partial charge in [-0.25, -0.2) is 4.98 Å². The zero-order chi connectivity index (χ0) is 13.2. The van der Waals surface area contributed by atoms with Gasteiger partial charge < -0.3 is 10.6 Å². The van der Waals surface area contributed by atoms with Crippen LogP contribution in [0.4, 0.5) is 11.5 Å². The van der Waals surface area contributed by atoms with E-state index in [0.29, 0.717) is 17.3 Å². The Labute approximate surface area is 113 Å². The highest BCUT2D eigenvalue weighted by atomic mass is 15.3. The SMILES string of the molecule is N#Cc1cc(N)cnc1N1CCCN2CCCC2C1. The first-order valence-corrected chi connectivity index (χ1v) is 6.92. The minimum atomic E-state index is 0.553. The summed E-state index contributed by atoms with van der Waals surface area (Å²) in [5, 5.41) is 9.25. The van der Waals surface area contributed by atoms with E-state index in [-0.39, 0.29) is 0 Å². The summed E-state index contributed by atoms with van der Waals surface area (Å²) in [5.74, 6) is 0.797. The maximum Gasteiger partial charge on any atom is 0.146 e. The molecular formula is C14H19N5. The van der Waals surface area contributed by atoms with E-state index in [2.05, 4.69) is 20.9 Å². The van der Waals surface area contributed by atoms with Gasteiger partial charge in [-0.3, -0.25) is 4.90 Å². The number of nitriles is 1. The molecule has 2 aliphatic heterocycles. The first kappa shape index (κ1) is 12.2. The molecule has 0 bridgehead atoms. The van der Waals surface area contributed by atoms with Gasteiger partial charge in [0.05, 0.1) is 17.4 Å². The number of hydrogen-bond donors (Lipinski definition) is 1. The summed E-state index contributed by atoms with van der Waals surface area (Å²) in [6.45, 7) is 4.33. The minimum Gasteiger partial charge on any atom is -0.397 e. The van der Waals surface area contributed by atoms with E-state index in [4.69, 9.17) is 5.73 Å². The number of rotatable bonds is 1. The lowest BCUT2D eigenvalue weighted by Crippen LogP contribution is -2.37. The van der Waals surface area contributed by atoms with E-state index in [0.717, 1.165) is 31.9 Å². The van der Waals surface area contributed by atoms with Crippen molar-refractivity contribution in [2.45, 2.75) is 25.3 Å². The van der Waals surface area contributed by atoms with Crippen LogP contribution >= 0.6 is 0 Å². The highest BCUT2D eigenvalue weighted by Crippen LogP contribution is 2.26. The molecule has 1 unspecified atom stereocenters. The van der Waals surface area contributed by atoms with Crippen LogP contribution in [-0.4, -0.2) is 42.1 Å². The number of nitrogens with two attached hydrogens (primary N) is 1. The Balaban J connectivity index is 1.87. The molecule has 2 aliphatic rings. The van der Waals surface area contributed by atoms with Crippen LogP contribution in [-0.2, 0) is 0 Å². The van der Waals surface area contributed by atoms with Crippen LogP contribution in [0.5, 0.6) is 0 Å². The smallest absolute Gasteiger partial charge is 0.146 e. The molecule has 0 aromatic carbocycles. The van der Waals surface area contributed by atoms with Crippen molar-refractivity contribution < 1.29 is 0 Å². The average Bonchev–Trinajstić information content (AvgIpc) is 2.76. The lowest BCUT2D eigenvalue weighted by molar-refractivity contribution is 0.273. The van der Waals surface area contributed by atoms with Crippen LogP contribution in [0.25, 0.3) is 0 Å². The van der Waals surface area contributed by atoms with E-state index in [9.17, 15) is 5.26 Å². The number of aromatic nitrogens is 1. The monoisotopic (exact) mass is 257 g/mol. The molecule has 1 aromatic rings. The summed E-state index contributed by atoms with van der Waals surface area (Å²) in [7, 11) is 0. The van der Waals surface area contributed by atoms with Gasteiger partial charge in [0.2, 0.25) is 0 Å². The number of hydrogen-bond acceptors (Lipinski definition) is 5. The molecule has 1 atom stereocenters. The molecule has 19 heavy (non-hydrogen) atoms. The van der Waals surface area contributed by atoms with Crippen molar-refractivity contribution in [1.29, 1.82) is 5.26 Å². The summed E-state index contributed by atoms with van der Waals surface area (Å²) in [4.78, 5) is 9.22. The van der Waals surface area contributed by atoms with Crippen LogP contribution < -0.4 is 10.6 Å². The maximum atomic E-state index is 9.25. The van der Waals surface area contributed by atoms with Gasteiger partial charge in [0.1, 0.15) is 11.9 Å². The summed E-state index contributed by atoms with van der Waals surface area (Å²) >= 11 is 0. The van der Waals surface area contributed by atoms with E-state index in [1.54, 1.807) is 12.3 Å². The van der Waals surface area contributed by atoms with Gasteiger partial charge in [-0.05, 0) is 31.9 Å². The molecule has 2 N–H and O–H groups in total. The zero-order valence-corrected chi connectivity index (χ0v) is 11.0. The van der Waals surface area contributed by atoms with E-state index in [1.807, 2.05) is 0 Å². The van der Waals surface area contributed by atoms with E-state index in [1.165, 1.54) is 19.4 Å². The molecular weight excluding hydrogens is 238 g/mol. The number of pyridine rings is 1. The average molecular weight is 257 g/mol. The second kappa shape index (κ2) is 5.06. The van der Waals surface area contributed by atoms with Crippen molar-refractivity contribution in [3.05, 3.63) is 17.8 Å². The summed E-state index contributed by atoms with van der Waals surface area (Å²) < 4.78 is 0. The molecule has 0 aliphatic carbocycles. The summed E-state index contributed by atoms with van der Waals surface area (Å²) in [6.07, 6.45) is 5.33. The van der Waals surface area contributed by atoms with Crippen LogP contribution in [0.15, 0.2) is 12.3 Å². The van der Waals surface area contributed by atoms with E-state index >= 15 is 0 Å². The van der Waals surface area contributed by atoms with Gasteiger partial charge in [0.25, 0.3) is 0 Å². The number of fused-ring (bicyclic) bond motifs is 1. The third-order valence-electron chi connectivity index (χ3n) is 4.11. The fraction of sp³-hybridized carbons (Fsp3) is 0.571. The standard InChI is InChI=1S/C14H19N5/c15-8-11-7-12(16)9-17-14(11)19-6-2-5-18-4-1-3-13(18)10-19/h7,9,13H,1-6,10,16H2. The highest BCUT2D eigenvalue weighted by Gasteiger charge is 2.29. The van der Waals surface area contributed by atoms with Crippen molar-refractivity contribution in [3.63, 3.8) is 0 Å². The lowest BCUT2D eigenvalue weighted by Gasteiger charge is -2.27. The predicted octanol–water partition coefficient (Wildman–Crippen LogP) is 1.21. The van der Waals surface area contributed by atoms with Gasteiger partial charge in [0.15, 0.2) is 0 Å². The quantitative estimate of drug-likeness (QED) is 0.819. The lowest BCUT2D eigenvalue weighted by atomic mass is 10.2. The molecule has 3 rings (SSSR count). The number of nitrogen functional groups attached to an aromatic ring is 1. The van der Waals surface area contributed by atoms with Gasteiger partial charge >= 0.3 is 0 Å². The Morgan fingerprint density at radius 1 is 1.32 bits per heavy atom. The molecule has 5 heteroatoms. The summed E-state index contributed by atoms with van der Waals surface area (Å²) in [6, 6.07) is 4.56. The number of nitrogens with zero attached hydrogens (tertiary/aromatic N) is 4. The molecule has 100 valence electrons. The minimum absolute atomic E-state index is 0.553. The van der Waals surface area contributed by atoms with Crippen molar-refractivity contribution in [2.75, 3.05) is 36.8 Å². The molecule has 5 nitrogen and oxygen atoms in total. The fourth-order valence-corrected chi connectivity index (χ4v) is 3.21. The van der Waals surface area contributed by atoms with Gasteiger partial charge in [-0.15, -0.1) is 0 Å². The number of anilines is 2. The van der Waals surface area contributed by atoms with Crippen molar-refractivity contribution >= 4 is 11.5 Å². The second-order valence-electron chi connectivity index (χ2n) is 5.38. The van der Waals surface area contributed by atoms with Crippen molar-refractivity contribution in [3.8, 4) is 6.07 Å². The Hall–Kier alpha value is -1.80. The molecule has 0 amide bonds. The normalized spacial score (nSPS) is 23.7.